The molecule has 1 saturated heterocycles. The summed E-state index contributed by atoms with van der Waals surface area (Å²) in [5.74, 6) is 0.413. The Bertz CT molecular complexity index is 400. The third-order valence-electron chi connectivity index (χ3n) is 3.33. The van der Waals surface area contributed by atoms with Crippen molar-refractivity contribution in [1.29, 1.82) is 0 Å². The average Bonchev–Trinajstić information content (AvgIpc) is 2.38. The smallest absolute Gasteiger partial charge is 0.142 e. The van der Waals surface area contributed by atoms with E-state index in [1.54, 1.807) is 13.2 Å². The van der Waals surface area contributed by atoms with Crippen LogP contribution in [0.1, 0.15) is 0 Å². The summed E-state index contributed by atoms with van der Waals surface area (Å²) in [4.78, 5) is 2.30. The Labute approximate surface area is 107 Å². The van der Waals surface area contributed by atoms with Crippen LogP contribution in [0.25, 0.3) is 0 Å². The molecule has 1 aliphatic heterocycles. The molecule has 1 atom stereocenters. The van der Waals surface area contributed by atoms with Crippen molar-refractivity contribution in [3.8, 4) is 5.75 Å². The second-order valence-electron chi connectivity index (χ2n) is 4.56. The molecule has 18 heavy (non-hydrogen) atoms. The van der Waals surface area contributed by atoms with Gasteiger partial charge in [-0.2, -0.15) is 0 Å². The first-order valence-corrected chi connectivity index (χ1v) is 6.19. The van der Waals surface area contributed by atoms with Gasteiger partial charge in [0.1, 0.15) is 11.6 Å². The molecule has 100 valence electrons. The molecule has 1 aliphatic rings. The molecular weight excluding hydrogens is 233 g/mol. The summed E-state index contributed by atoms with van der Waals surface area (Å²) in [6.07, 6.45) is 0. The van der Waals surface area contributed by atoms with E-state index in [0.29, 0.717) is 17.5 Å². The van der Waals surface area contributed by atoms with Gasteiger partial charge in [-0.1, -0.05) is 0 Å². The van der Waals surface area contributed by atoms with Crippen LogP contribution in [0.4, 0.5) is 10.1 Å². The monoisotopic (exact) mass is 253 g/mol. The molecule has 1 aromatic rings. The molecule has 1 heterocycles. The highest BCUT2D eigenvalue weighted by molar-refractivity contribution is 5.56. The number of likely N-dealkylation sites (N-methyl/N-ethyl adjacent to an activating group) is 1. The lowest BCUT2D eigenvalue weighted by molar-refractivity contribution is 0.209. The standard InChI is InChI=1S/C13H20FN3O/c1-17-6-5-15-8-11(17)9-16-12-7-10(14)3-4-13(12)18-2/h3-4,7,11,15-16H,5-6,8-9H2,1-2H3. The average molecular weight is 253 g/mol. The maximum atomic E-state index is 13.2. The van der Waals surface area contributed by atoms with Crippen molar-refractivity contribution in [2.45, 2.75) is 6.04 Å². The van der Waals surface area contributed by atoms with Crippen LogP contribution in [0.2, 0.25) is 0 Å². The summed E-state index contributed by atoms with van der Waals surface area (Å²) in [7, 11) is 3.70. The molecule has 0 aliphatic carbocycles. The summed E-state index contributed by atoms with van der Waals surface area (Å²) in [6, 6.07) is 4.92. The fourth-order valence-corrected chi connectivity index (χ4v) is 2.14. The SMILES string of the molecule is COc1ccc(F)cc1NCC1CNCCN1C. The molecule has 0 spiro atoms. The van der Waals surface area contributed by atoms with Crippen LogP contribution in [-0.2, 0) is 0 Å². The first kappa shape index (κ1) is 13.1. The third kappa shape index (κ3) is 3.11. The van der Waals surface area contributed by atoms with E-state index >= 15 is 0 Å². The van der Waals surface area contributed by atoms with Crippen molar-refractivity contribution in [2.24, 2.45) is 0 Å². The quantitative estimate of drug-likeness (QED) is 0.844. The van der Waals surface area contributed by atoms with E-state index in [9.17, 15) is 4.39 Å². The van der Waals surface area contributed by atoms with E-state index in [2.05, 4.69) is 22.6 Å². The Kier molecular flexibility index (Phi) is 4.38. The molecule has 5 heteroatoms. The van der Waals surface area contributed by atoms with Gasteiger partial charge in [0.05, 0.1) is 12.8 Å². The molecule has 4 nitrogen and oxygen atoms in total. The van der Waals surface area contributed by atoms with Crippen molar-refractivity contribution in [2.75, 3.05) is 45.7 Å². The first-order valence-electron chi connectivity index (χ1n) is 6.19. The Balaban J connectivity index is 1.98. The lowest BCUT2D eigenvalue weighted by atomic mass is 10.2. The Morgan fingerprint density at radius 1 is 1.56 bits per heavy atom. The van der Waals surface area contributed by atoms with Gasteiger partial charge in [0.15, 0.2) is 0 Å². The number of benzene rings is 1. The summed E-state index contributed by atoms with van der Waals surface area (Å²) < 4.78 is 18.4. The molecule has 2 N–H and O–H groups in total. The van der Waals surface area contributed by atoms with E-state index in [1.807, 2.05) is 0 Å². The maximum absolute atomic E-state index is 13.2. The van der Waals surface area contributed by atoms with E-state index < -0.39 is 0 Å². The number of nitrogens with zero attached hydrogens (tertiary/aromatic N) is 1. The van der Waals surface area contributed by atoms with Crippen molar-refractivity contribution in [1.82, 2.24) is 10.2 Å². The number of anilines is 1. The van der Waals surface area contributed by atoms with Crippen LogP contribution < -0.4 is 15.4 Å². The highest BCUT2D eigenvalue weighted by Gasteiger charge is 2.18. The van der Waals surface area contributed by atoms with E-state index in [0.717, 1.165) is 26.2 Å². The van der Waals surface area contributed by atoms with Gasteiger partial charge in [-0.25, -0.2) is 4.39 Å². The fraction of sp³-hybridized carbons (Fsp3) is 0.538. The molecule has 0 saturated carbocycles. The van der Waals surface area contributed by atoms with E-state index in [4.69, 9.17) is 4.74 Å². The molecular formula is C13H20FN3O. The number of halogens is 1. The molecule has 1 fully saturated rings. The van der Waals surface area contributed by atoms with Crippen LogP contribution in [-0.4, -0.2) is 51.3 Å². The number of rotatable bonds is 4. The number of methoxy groups -OCH3 is 1. The zero-order valence-corrected chi connectivity index (χ0v) is 10.9. The molecule has 0 bridgehead atoms. The van der Waals surface area contributed by atoms with Gasteiger partial charge in [0.25, 0.3) is 0 Å². The molecule has 1 aromatic carbocycles. The fourth-order valence-electron chi connectivity index (χ4n) is 2.14. The largest absolute Gasteiger partial charge is 0.495 e. The Hall–Kier alpha value is -1.33. The molecule has 0 amide bonds. The minimum absolute atomic E-state index is 0.256. The van der Waals surface area contributed by atoms with Gasteiger partial charge in [-0.05, 0) is 19.2 Å². The van der Waals surface area contributed by atoms with Crippen LogP contribution in [0.5, 0.6) is 5.75 Å². The number of piperazine rings is 1. The van der Waals surface area contributed by atoms with Gasteiger partial charge >= 0.3 is 0 Å². The minimum atomic E-state index is -0.256. The summed E-state index contributed by atoms with van der Waals surface area (Å²) in [5, 5.41) is 6.61. The molecule has 0 radical (unpaired) electrons. The highest BCUT2D eigenvalue weighted by Crippen LogP contribution is 2.24. The van der Waals surface area contributed by atoms with Gasteiger partial charge < -0.3 is 15.4 Å². The zero-order chi connectivity index (χ0) is 13.0. The molecule has 1 unspecified atom stereocenters. The number of ether oxygens (including phenoxy) is 1. The first-order chi connectivity index (χ1) is 8.70. The second-order valence-corrected chi connectivity index (χ2v) is 4.56. The second kappa shape index (κ2) is 6.02. The number of hydrogen-bond acceptors (Lipinski definition) is 4. The number of hydrogen-bond donors (Lipinski definition) is 2. The van der Waals surface area contributed by atoms with E-state index in [1.165, 1.54) is 12.1 Å². The third-order valence-corrected chi connectivity index (χ3v) is 3.33. The normalized spacial score (nSPS) is 20.7. The van der Waals surface area contributed by atoms with Crippen LogP contribution >= 0.6 is 0 Å². The summed E-state index contributed by atoms with van der Waals surface area (Å²) in [5.41, 5.74) is 0.705. The Morgan fingerprint density at radius 2 is 2.39 bits per heavy atom. The van der Waals surface area contributed by atoms with Crippen LogP contribution in [0.15, 0.2) is 18.2 Å². The van der Waals surface area contributed by atoms with Gasteiger partial charge in [-0.15, -0.1) is 0 Å². The summed E-state index contributed by atoms with van der Waals surface area (Å²) in [6.45, 7) is 3.77. The van der Waals surface area contributed by atoms with Gasteiger partial charge in [-0.3, -0.25) is 4.90 Å². The van der Waals surface area contributed by atoms with Crippen molar-refractivity contribution in [3.63, 3.8) is 0 Å². The van der Waals surface area contributed by atoms with Crippen molar-refractivity contribution >= 4 is 5.69 Å². The van der Waals surface area contributed by atoms with E-state index in [-0.39, 0.29) is 5.82 Å². The maximum Gasteiger partial charge on any atom is 0.142 e. The predicted molar refractivity (Wildman–Crippen MR) is 70.7 cm³/mol. The van der Waals surface area contributed by atoms with Crippen LogP contribution in [0, 0.1) is 5.82 Å². The van der Waals surface area contributed by atoms with Crippen molar-refractivity contribution < 1.29 is 9.13 Å². The highest BCUT2D eigenvalue weighted by atomic mass is 19.1. The molecule has 2 rings (SSSR count). The summed E-state index contributed by atoms with van der Waals surface area (Å²) >= 11 is 0. The number of nitrogens with one attached hydrogen (secondary N) is 2. The minimum Gasteiger partial charge on any atom is -0.495 e. The molecule has 0 aromatic heterocycles. The topological polar surface area (TPSA) is 36.5 Å². The lowest BCUT2D eigenvalue weighted by Crippen LogP contribution is -2.52. The van der Waals surface area contributed by atoms with Gasteiger partial charge in [0.2, 0.25) is 0 Å². The van der Waals surface area contributed by atoms with Gasteiger partial charge in [0, 0.05) is 38.3 Å². The Morgan fingerprint density at radius 3 is 3.11 bits per heavy atom. The zero-order valence-electron chi connectivity index (χ0n) is 10.9. The van der Waals surface area contributed by atoms with Crippen molar-refractivity contribution in [3.05, 3.63) is 24.0 Å². The predicted octanol–water partition coefficient (Wildman–Crippen LogP) is 1.15. The lowest BCUT2D eigenvalue weighted by Gasteiger charge is -2.33. The van der Waals surface area contributed by atoms with Crippen LogP contribution in [0.3, 0.4) is 0 Å².